The number of aliphatic hydroxyl groups is 2. The van der Waals surface area contributed by atoms with Crippen LogP contribution in [0.4, 0.5) is 18.9 Å². The molecule has 0 unspecified atom stereocenters. The molecule has 2 N–H and O–H groups in total. The van der Waals surface area contributed by atoms with Crippen molar-refractivity contribution in [1.82, 2.24) is 0 Å². The third-order valence-corrected chi connectivity index (χ3v) is 6.20. The molecule has 1 amide bonds. The zero-order chi connectivity index (χ0) is 19.9. The number of amides is 1. The Morgan fingerprint density at radius 1 is 1.11 bits per heavy atom. The monoisotopic (exact) mass is 385 g/mol. The minimum Gasteiger partial charge on any atom is -0.390 e. The highest BCUT2D eigenvalue weighted by atomic mass is 19.4. The van der Waals surface area contributed by atoms with E-state index in [0.717, 1.165) is 12.8 Å². The quantitative estimate of drug-likeness (QED) is 0.820. The van der Waals surface area contributed by atoms with Crippen LogP contribution in [-0.2, 0) is 4.79 Å². The van der Waals surface area contributed by atoms with Crippen LogP contribution in [0.1, 0.15) is 63.5 Å². The molecule has 27 heavy (non-hydrogen) atoms. The van der Waals surface area contributed by atoms with Crippen molar-refractivity contribution in [2.45, 2.75) is 69.8 Å². The number of hydrogen-bond acceptors (Lipinski definition) is 3. The van der Waals surface area contributed by atoms with Crippen LogP contribution in [0.15, 0.2) is 24.3 Å². The summed E-state index contributed by atoms with van der Waals surface area (Å²) in [5.41, 5.74) is -0.841. The molecule has 3 rings (SSSR count). The maximum absolute atomic E-state index is 13.0. The SMILES string of the molecule is CCCC1(O)CCC2(CCN(c3ccc([C@@H](O)C(F)(F)F)cc3)C2=O)CC1. The van der Waals surface area contributed by atoms with Crippen LogP contribution in [0.5, 0.6) is 0 Å². The highest BCUT2D eigenvalue weighted by Gasteiger charge is 2.51. The third kappa shape index (κ3) is 3.85. The van der Waals surface area contributed by atoms with Gasteiger partial charge in [0.25, 0.3) is 0 Å². The normalized spacial score (nSPS) is 30.1. The van der Waals surface area contributed by atoms with Crippen LogP contribution >= 0.6 is 0 Å². The second kappa shape index (κ2) is 7.09. The van der Waals surface area contributed by atoms with E-state index in [2.05, 4.69) is 0 Å². The lowest BCUT2D eigenvalue weighted by molar-refractivity contribution is -0.206. The Morgan fingerprint density at radius 2 is 1.70 bits per heavy atom. The lowest BCUT2D eigenvalue weighted by Crippen LogP contribution is -2.43. The molecule has 0 aromatic heterocycles. The first-order valence-corrected chi connectivity index (χ1v) is 9.49. The highest BCUT2D eigenvalue weighted by Crippen LogP contribution is 2.49. The second-order valence-corrected chi connectivity index (χ2v) is 8.00. The number of hydrogen-bond donors (Lipinski definition) is 2. The molecule has 1 aromatic carbocycles. The zero-order valence-corrected chi connectivity index (χ0v) is 15.4. The van der Waals surface area contributed by atoms with Crippen LogP contribution in [0.3, 0.4) is 0 Å². The smallest absolute Gasteiger partial charge is 0.390 e. The topological polar surface area (TPSA) is 60.8 Å². The minimum absolute atomic E-state index is 0.00910. The van der Waals surface area contributed by atoms with Gasteiger partial charge in [-0.3, -0.25) is 4.79 Å². The summed E-state index contributed by atoms with van der Waals surface area (Å²) in [6.45, 7) is 2.55. The average molecular weight is 385 g/mol. The fourth-order valence-electron chi connectivity index (χ4n) is 4.47. The van der Waals surface area contributed by atoms with Crippen molar-refractivity contribution in [3.63, 3.8) is 0 Å². The van der Waals surface area contributed by atoms with Crippen LogP contribution in [0.2, 0.25) is 0 Å². The van der Waals surface area contributed by atoms with E-state index in [1.165, 1.54) is 24.3 Å². The van der Waals surface area contributed by atoms with Crippen LogP contribution in [0.25, 0.3) is 0 Å². The van der Waals surface area contributed by atoms with Crippen molar-refractivity contribution >= 4 is 11.6 Å². The molecule has 1 atom stereocenters. The number of benzene rings is 1. The van der Waals surface area contributed by atoms with E-state index in [9.17, 15) is 28.2 Å². The van der Waals surface area contributed by atoms with Crippen LogP contribution in [0, 0.1) is 5.41 Å². The number of carbonyl (C=O) groups is 1. The third-order valence-electron chi connectivity index (χ3n) is 6.20. The molecule has 7 heteroatoms. The van der Waals surface area contributed by atoms with Gasteiger partial charge in [0.2, 0.25) is 5.91 Å². The lowest BCUT2D eigenvalue weighted by Gasteiger charge is -2.41. The maximum atomic E-state index is 13.0. The molecule has 2 fully saturated rings. The predicted octanol–water partition coefficient (Wildman–Crippen LogP) is 4.11. The Kier molecular flexibility index (Phi) is 5.29. The van der Waals surface area contributed by atoms with Crippen molar-refractivity contribution < 1.29 is 28.2 Å². The van der Waals surface area contributed by atoms with Crippen molar-refractivity contribution in [2.24, 2.45) is 5.41 Å². The Bertz CT molecular complexity index is 679. The first-order valence-electron chi connectivity index (χ1n) is 9.49. The second-order valence-electron chi connectivity index (χ2n) is 8.00. The van der Waals surface area contributed by atoms with E-state index in [-0.39, 0.29) is 11.5 Å². The molecule has 1 heterocycles. The highest BCUT2D eigenvalue weighted by molar-refractivity contribution is 6.00. The molecule has 2 aliphatic rings. The first kappa shape index (κ1) is 20.1. The minimum atomic E-state index is -4.72. The molecule has 0 radical (unpaired) electrons. The number of anilines is 1. The fraction of sp³-hybridized carbons (Fsp3) is 0.650. The first-order chi connectivity index (χ1) is 12.6. The van der Waals surface area contributed by atoms with Crippen molar-refractivity contribution in [3.05, 3.63) is 29.8 Å². The molecular formula is C20H26F3NO3. The molecule has 1 aliphatic carbocycles. The summed E-state index contributed by atoms with van der Waals surface area (Å²) in [6.07, 6.45) is -2.40. The Balaban J connectivity index is 1.71. The molecule has 1 spiro atoms. The summed E-state index contributed by atoms with van der Waals surface area (Å²) in [5.74, 6) is -0.00910. The van der Waals surface area contributed by atoms with Gasteiger partial charge in [-0.05, 0) is 56.2 Å². The molecule has 1 saturated carbocycles. The van der Waals surface area contributed by atoms with E-state index in [1.54, 1.807) is 4.90 Å². The largest absolute Gasteiger partial charge is 0.418 e. The van der Waals surface area contributed by atoms with Gasteiger partial charge in [0, 0.05) is 12.2 Å². The van der Waals surface area contributed by atoms with E-state index in [0.29, 0.717) is 44.3 Å². The summed E-state index contributed by atoms with van der Waals surface area (Å²) in [4.78, 5) is 14.7. The van der Waals surface area contributed by atoms with Crippen LogP contribution < -0.4 is 4.90 Å². The summed E-state index contributed by atoms with van der Waals surface area (Å²) in [5, 5.41) is 19.9. The maximum Gasteiger partial charge on any atom is 0.418 e. The molecule has 0 bridgehead atoms. The summed E-state index contributed by atoms with van der Waals surface area (Å²) in [7, 11) is 0. The van der Waals surface area contributed by atoms with Crippen LogP contribution in [-0.4, -0.2) is 34.4 Å². The fourth-order valence-corrected chi connectivity index (χ4v) is 4.47. The van der Waals surface area contributed by atoms with Gasteiger partial charge in [-0.1, -0.05) is 25.5 Å². The van der Waals surface area contributed by atoms with Gasteiger partial charge in [-0.2, -0.15) is 13.2 Å². The van der Waals surface area contributed by atoms with Gasteiger partial charge >= 0.3 is 6.18 Å². The molecular weight excluding hydrogens is 359 g/mol. The summed E-state index contributed by atoms with van der Waals surface area (Å²) in [6, 6.07) is 5.34. The van der Waals surface area contributed by atoms with Gasteiger partial charge < -0.3 is 15.1 Å². The molecule has 4 nitrogen and oxygen atoms in total. The van der Waals surface area contributed by atoms with Crippen molar-refractivity contribution in [1.29, 1.82) is 0 Å². The standard InChI is InChI=1S/C20H26F3NO3/c1-2-7-19(27)10-8-18(9-11-19)12-13-24(17(18)26)15-5-3-14(4-6-15)16(25)20(21,22)23/h3-6,16,25,27H,2,7-13H2,1H3/t16-,18?,19?/m1/s1. The van der Waals surface area contributed by atoms with Crippen molar-refractivity contribution in [2.75, 3.05) is 11.4 Å². The zero-order valence-electron chi connectivity index (χ0n) is 15.4. The Labute approximate surface area is 157 Å². The van der Waals surface area contributed by atoms with E-state index in [4.69, 9.17) is 0 Å². The Morgan fingerprint density at radius 3 is 2.22 bits per heavy atom. The predicted molar refractivity (Wildman–Crippen MR) is 95.2 cm³/mol. The van der Waals surface area contributed by atoms with Gasteiger partial charge in [0.15, 0.2) is 6.10 Å². The number of alkyl halides is 3. The van der Waals surface area contributed by atoms with Gasteiger partial charge in [-0.25, -0.2) is 0 Å². The van der Waals surface area contributed by atoms with Gasteiger partial charge in [0.1, 0.15) is 0 Å². The Hall–Kier alpha value is -1.60. The number of nitrogens with zero attached hydrogens (tertiary/aromatic N) is 1. The molecule has 1 aliphatic heterocycles. The van der Waals surface area contributed by atoms with Gasteiger partial charge in [0.05, 0.1) is 11.0 Å². The van der Waals surface area contributed by atoms with E-state index < -0.39 is 23.3 Å². The summed E-state index contributed by atoms with van der Waals surface area (Å²) >= 11 is 0. The molecule has 1 aromatic rings. The number of rotatable bonds is 4. The summed E-state index contributed by atoms with van der Waals surface area (Å²) < 4.78 is 37.9. The molecule has 150 valence electrons. The number of aliphatic hydroxyl groups excluding tert-OH is 1. The van der Waals surface area contributed by atoms with Crippen molar-refractivity contribution in [3.8, 4) is 0 Å². The van der Waals surface area contributed by atoms with E-state index in [1.807, 2.05) is 6.92 Å². The number of halogens is 3. The molecule has 1 saturated heterocycles. The number of carbonyl (C=O) groups excluding carboxylic acids is 1. The van der Waals surface area contributed by atoms with E-state index >= 15 is 0 Å². The average Bonchev–Trinajstić information content (AvgIpc) is 2.94. The lowest BCUT2D eigenvalue weighted by atomic mass is 9.67. The van der Waals surface area contributed by atoms with Gasteiger partial charge in [-0.15, -0.1) is 0 Å².